The van der Waals surface area contributed by atoms with Crippen molar-refractivity contribution in [1.29, 1.82) is 0 Å². The number of carbonyl (C=O) groups is 1. The van der Waals surface area contributed by atoms with E-state index in [0.717, 1.165) is 35.6 Å². The van der Waals surface area contributed by atoms with Gasteiger partial charge < -0.3 is 0 Å². The second-order valence-electron chi connectivity index (χ2n) is 5.65. The molecule has 2 aromatic rings. The fourth-order valence-electron chi connectivity index (χ4n) is 2.37. The molecule has 0 saturated carbocycles. The maximum Gasteiger partial charge on any atom is 0.291 e. The molecule has 0 unspecified atom stereocenters. The molecular weight excluding hydrogens is 292 g/mol. The van der Waals surface area contributed by atoms with E-state index < -0.39 is 0 Å². The van der Waals surface area contributed by atoms with Crippen molar-refractivity contribution < 1.29 is 4.79 Å². The summed E-state index contributed by atoms with van der Waals surface area (Å²) in [6.07, 6.45) is 5.14. The molecule has 0 saturated heterocycles. The van der Waals surface area contributed by atoms with E-state index in [9.17, 15) is 4.79 Å². The maximum absolute atomic E-state index is 11.9. The number of hydrogen-bond donors (Lipinski definition) is 2. The second kappa shape index (κ2) is 7.71. The Kier molecular flexibility index (Phi) is 5.67. The summed E-state index contributed by atoms with van der Waals surface area (Å²) in [5, 5.41) is 15.2. The van der Waals surface area contributed by atoms with Crippen LogP contribution in [0.3, 0.4) is 0 Å². The van der Waals surface area contributed by atoms with Gasteiger partial charge in [0.1, 0.15) is 0 Å². The standard InChI is InChI=1S/C16H24N6O/c1-5-6-7-8-22-13(4)14(12(3)21-22)10-17-20-16(23)15-9-11(2)18-19-15/h9-10H,5-8H2,1-4H3,(H,18,19)(H,20,23). The number of nitrogens with one attached hydrogen (secondary N) is 2. The molecule has 0 fully saturated rings. The lowest BCUT2D eigenvalue weighted by Gasteiger charge is -2.03. The molecule has 0 aliphatic rings. The van der Waals surface area contributed by atoms with E-state index in [1.165, 1.54) is 12.8 Å². The predicted octanol–water partition coefficient (Wildman–Crippen LogP) is 2.49. The SMILES string of the molecule is CCCCCn1nc(C)c(C=NNC(=O)c2cc(C)[nH]n2)c1C. The molecule has 23 heavy (non-hydrogen) atoms. The quantitative estimate of drug-likeness (QED) is 0.467. The second-order valence-corrected chi connectivity index (χ2v) is 5.65. The zero-order valence-electron chi connectivity index (χ0n) is 14.2. The van der Waals surface area contributed by atoms with Crippen LogP contribution >= 0.6 is 0 Å². The molecule has 2 N–H and O–H groups in total. The van der Waals surface area contributed by atoms with E-state index in [0.29, 0.717) is 5.69 Å². The van der Waals surface area contributed by atoms with Crippen molar-refractivity contribution in [2.24, 2.45) is 5.10 Å². The Bertz CT molecular complexity index is 697. The lowest BCUT2D eigenvalue weighted by Crippen LogP contribution is -2.18. The average Bonchev–Trinajstić information content (AvgIpc) is 3.06. The lowest BCUT2D eigenvalue weighted by atomic mass is 10.2. The molecule has 0 bridgehead atoms. The normalized spacial score (nSPS) is 11.3. The summed E-state index contributed by atoms with van der Waals surface area (Å²) in [6.45, 7) is 8.90. The van der Waals surface area contributed by atoms with Crippen molar-refractivity contribution in [2.75, 3.05) is 0 Å². The molecule has 0 aliphatic carbocycles. The molecule has 7 heteroatoms. The maximum atomic E-state index is 11.9. The summed E-state index contributed by atoms with van der Waals surface area (Å²) in [5.74, 6) is -0.337. The minimum atomic E-state index is -0.337. The molecule has 1 amide bonds. The molecule has 124 valence electrons. The number of H-pyrrole nitrogens is 1. The highest BCUT2D eigenvalue weighted by molar-refractivity contribution is 5.93. The Hall–Kier alpha value is -2.44. The zero-order chi connectivity index (χ0) is 16.8. The number of amides is 1. The van der Waals surface area contributed by atoms with Crippen LogP contribution < -0.4 is 5.43 Å². The molecule has 2 aromatic heterocycles. The third kappa shape index (κ3) is 4.28. The van der Waals surface area contributed by atoms with Crippen molar-refractivity contribution >= 4 is 12.1 Å². The predicted molar refractivity (Wildman–Crippen MR) is 89.6 cm³/mol. The molecule has 0 radical (unpaired) electrons. The highest BCUT2D eigenvalue weighted by atomic mass is 16.2. The fraction of sp³-hybridized carbons (Fsp3) is 0.500. The summed E-state index contributed by atoms with van der Waals surface area (Å²) in [7, 11) is 0. The van der Waals surface area contributed by atoms with Gasteiger partial charge in [-0.3, -0.25) is 14.6 Å². The van der Waals surface area contributed by atoms with Gasteiger partial charge in [0.2, 0.25) is 0 Å². The highest BCUT2D eigenvalue weighted by Gasteiger charge is 2.10. The number of carbonyl (C=O) groups excluding carboxylic acids is 1. The number of aromatic nitrogens is 4. The smallest absolute Gasteiger partial charge is 0.282 e. The topological polar surface area (TPSA) is 88.0 Å². The summed E-state index contributed by atoms with van der Waals surface area (Å²) in [5.41, 5.74) is 6.56. The first-order valence-electron chi connectivity index (χ1n) is 7.92. The number of aromatic amines is 1. The monoisotopic (exact) mass is 316 g/mol. The minimum Gasteiger partial charge on any atom is -0.282 e. The van der Waals surface area contributed by atoms with Crippen LogP contribution in [-0.2, 0) is 6.54 Å². The number of rotatable bonds is 7. The minimum absolute atomic E-state index is 0.323. The first-order valence-corrected chi connectivity index (χ1v) is 7.92. The Morgan fingerprint density at radius 3 is 2.83 bits per heavy atom. The van der Waals surface area contributed by atoms with Crippen LogP contribution in [0.1, 0.15) is 59.3 Å². The molecule has 0 atom stereocenters. The molecule has 0 spiro atoms. The van der Waals surface area contributed by atoms with Gasteiger partial charge in [0.15, 0.2) is 5.69 Å². The van der Waals surface area contributed by atoms with Gasteiger partial charge >= 0.3 is 0 Å². The van der Waals surface area contributed by atoms with E-state index in [-0.39, 0.29) is 5.91 Å². The first-order chi connectivity index (χ1) is 11.0. The third-order valence-electron chi connectivity index (χ3n) is 3.71. The summed E-state index contributed by atoms with van der Waals surface area (Å²) >= 11 is 0. The number of aryl methyl sites for hydroxylation is 3. The van der Waals surface area contributed by atoms with Gasteiger partial charge in [-0.1, -0.05) is 19.8 Å². The third-order valence-corrected chi connectivity index (χ3v) is 3.71. The van der Waals surface area contributed by atoms with Crippen LogP contribution in [0, 0.1) is 20.8 Å². The van der Waals surface area contributed by atoms with E-state index in [1.54, 1.807) is 12.3 Å². The Labute approximate surface area is 136 Å². The number of nitrogens with zero attached hydrogens (tertiary/aromatic N) is 4. The Morgan fingerprint density at radius 1 is 1.39 bits per heavy atom. The summed E-state index contributed by atoms with van der Waals surface area (Å²) in [6, 6.07) is 1.67. The number of unbranched alkanes of at least 4 members (excludes halogenated alkanes) is 2. The summed E-state index contributed by atoms with van der Waals surface area (Å²) < 4.78 is 2.01. The summed E-state index contributed by atoms with van der Waals surface area (Å²) in [4.78, 5) is 11.9. The van der Waals surface area contributed by atoms with Crippen molar-refractivity contribution in [2.45, 2.75) is 53.5 Å². The van der Waals surface area contributed by atoms with Crippen molar-refractivity contribution in [3.05, 3.63) is 34.4 Å². The first kappa shape index (κ1) is 16.9. The number of hydrazone groups is 1. The van der Waals surface area contributed by atoms with Gasteiger partial charge in [-0.2, -0.15) is 15.3 Å². The highest BCUT2D eigenvalue weighted by Crippen LogP contribution is 2.12. The Balaban J connectivity index is 2.00. The van der Waals surface area contributed by atoms with Crippen LogP contribution in [0.25, 0.3) is 0 Å². The van der Waals surface area contributed by atoms with Crippen molar-refractivity contribution in [1.82, 2.24) is 25.4 Å². The van der Waals surface area contributed by atoms with E-state index in [2.05, 4.69) is 32.7 Å². The molecule has 0 aromatic carbocycles. The van der Waals surface area contributed by atoms with E-state index in [1.807, 2.05) is 25.5 Å². The van der Waals surface area contributed by atoms with Crippen molar-refractivity contribution in [3.63, 3.8) is 0 Å². The Morgan fingerprint density at radius 2 is 2.17 bits per heavy atom. The van der Waals surface area contributed by atoms with Gasteiger partial charge in [-0.25, -0.2) is 5.43 Å². The van der Waals surface area contributed by atoms with Gasteiger partial charge in [-0.05, 0) is 33.3 Å². The lowest BCUT2D eigenvalue weighted by molar-refractivity contribution is 0.0950. The van der Waals surface area contributed by atoms with Crippen LogP contribution in [-0.4, -0.2) is 32.1 Å². The van der Waals surface area contributed by atoms with E-state index >= 15 is 0 Å². The van der Waals surface area contributed by atoms with Crippen molar-refractivity contribution in [3.8, 4) is 0 Å². The van der Waals surface area contributed by atoms with Crippen LogP contribution in [0.2, 0.25) is 0 Å². The molecule has 2 heterocycles. The molecule has 0 aliphatic heterocycles. The largest absolute Gasteiger partial charge is 0.291 e. The van der Waals surface area contributed by atoms with Crippen LogP contribution in [0.15, 0.2) is 11.2 Å². The van der Waals surface area contributed by atoms with Gasteiger partial charge in [0, 0.05) is 23.5 Å². The molecule has 2 rings (SSSR count). The van der Waals surface area contributed by atoms with Crippen LogP contribution in [0.4, 0.5) is 0 Å². The van der Waals surface area contributed by atoms with E-state index in [4.69, 9.17) is 0 Å². The number of hydrogen-bond acceptors (Lipinski definition) is 4. The average molecular weight is 316 g/mol. The molecule has 7 nitrogen and oxygen atoms in total. The molecular formula is C16H24N6O. The zero-order valence-corrected chi connectivity index (χ0v) is 14.2. The fourth-order valence-corrected chi connectivity index (χ4v) is 2.37. The van der Waals surface area contributed by atoms with Gasteiger partial charge in [0.25, 0.3) is 5.91 Å². The van der Waals surface area contributed by atoms with Gasteiger partial charge in [-0.15, -0.1) is 0 Å². The van der Waals surface area contributed by atoms with Gasteiger partial charge in [0.05, 0.1) is 11.9 Å². The van der Waals surface area contributed by atoms with Crippen LogP contribution in [0.5, 0.6) is 0 Å².